The summed E-state index contributed by atoms with van der Waals surface area (Å²) in [6.45, 7) is 1.78. The number of nitrogens with two attached hydrogens (primary N) is 1. The Morgan fingerprint density at radius 2 is 2.00 bits per heavy atom. The van der Waals surface area contributed by atoms with Crippen LogP contribution in [0, 0.1) is 0 Å². The average Bonchev–Trinajstić information content (AvgIpc) is 2.87. The summed E-state index contributed by atoms with van der Waals surface area (Å²) in [6, 6.07) is 5.05. The lowest BCUT2D eigenvalue weighted by Gasteiger charge is -2.07. The lowest BCUT2D eigenvalue weighted by Crippen LogP contribution is -2.04. The van der Waals surface area contributed by atoms with Gasteiger partial charge in [-0.1, -0.05) is 0 Å². The van der Waals surface area contributed by atoms with Gasteiger partial charge in [-0.05, 0) is 25.1 Å². The molecule has 2 aromatic rings. The van der Waals surface area contributed by atoms with E-state index < -0.39 is 0 Å². The lowest BCUT2D eigenvalue weighted by atomic mass is 10.2. The molecule has 0 saturated carbocycles. The summed E-state index contributed by atoms with van der Waals surface area (Å²) < 4.78 is 15.9. The van der Waals surface area contributed by atoms with Gasteiger partial charge in [0.2, 0.25) is 5.89 Å². The molecule has 2 N–H and O–H groups in total. The van der Waals surface area contributed by atoms with Gasteiger partial charge in [-0.3, -0.25) is 0 Å². The normalized spacial score (nSPS) is 12.2. The van der Waals surface area contributed by atoms with Crippen molar-refractivity contribution in [2.24, 2.45) is 5.73 Å². The molecule has 1 unspecified atom stereocenters. The van der Waals surface area contributed by atoms with Crippen LogP contribution in [0.4, 0.5) is 0 Å². The van der Waals surface area contributed by atoms with E-state index in [9.17, 15) is 0 Å². The van der Waals surface area contributed by atoms with Crippen molar-refractivity contribution in [1.29, 1.82) is 0 Å². The van der Waals surface area contributed by atoms with Gasteiger partial charge >= 0.3 is 0 Å². The van der Waals surface area contributed by atoms with Crippen LogP contribution >= 0.6 is 0 Å². The van der Waals surface area contributed by atoms with Crippen LogP contribution in [0.3, 0.4) is 0 Å². The van der Waals surface area contributed by atoms with E-state index in [1.165, 1.54) is 0 Å². The number of benzene rings is 1. The van der Waals surface area contributed by atoms with Crippen molar-refractivity contribution >= 4 is 0 Å². The minimum atomic E-state index is -0.303. The third kappa shape index (κ3) is 2.28. The summed E-state index contributed by atoms with van der Waals surface area (Å²) in [5, 5.41) is 7.84. The zero-order valence-corrected chi connectivity index (χ0v) is 10.5. The second kappa shape index (κ2) is 5.05. The van der Waals surface area contributed by atoms with Crippen molar-refractivity contribution in [2.45, 2.75) is 13.0 Å². The second-order valence-electron chi connectivity index (χ2n) is 3.80. The Kier molecular flexibility index (Phi) is 3.47. The first-order valence-electron chi connectivity index (χ1n) is 5.47. The van der Waals surface area contributed by atoms with Gasteiger partial charge in [0.05, 0.1) is 25.8 Å². The van der Waals surface area contributed by atoms with Crippen LogP contribution in [0.2, 0.25) is 0 Å². The number of nitrogens with zero attached hydrogens (tertiary/aromatic N) is 2. The molecular formula is C12H15N3O3. The molecule has 0 fully saturated rings. The van der Waals surface area contributed by atoms with Gasteiger partial charge in [-0.15, -0.1) is 10.2 Å². The molecule has 0 bridgehead atoms. The average molecular weight is 249 g/mol. The summed E-state index contributed by atoms with van der Waals surface area (Å²) >= 11 is 0. The predicted molar refractivity (Wildman–Crippen MR) is 65.4 cm³/mol. The molecule has 6 nitrogen and oxygen atoms in total. The van der Waals surface area contributed by atoms with E-state index in [2.05, 4.69) is 10.2 Å². The Morgan fingerprint density at radius 3 is 2.56 bits per heavy atom. The Morgan fingerprint density at radius 1 is 1.22 bits per heavy atom. The zero-order valence-electron chi connectivity index (χ0n) is 10.5. The Balaban J connectivity index is 2.46. The van der Waals surface area contributed by atoms with Crippen molar-refractivity contribution in [2.75, 3.05) is 14.2 Å². The predicted octanol–water partition coefficient (Wildman–Crippen LogP) is 1.77. The maximum atomic E-state index is 5.68. The Labute approximate surface area is 105 Å². The highest BCUT2D eigenvalue weighted by atomic mass is 16.5. The Bertz CT molecular complexity index is 537. The summed E-state index contributed by atoms with van der Waals surface area (Å²) in [5.74, 6) is 2.06. The number of rotatable bonds is 4. The fraction of sp³-hybridized carbons (Fsp3) is 0.333. The molecule has 1 atom stereocenters. The third-order valence-electron chi connectivity index (χ3n) is 2.47. The number of hydrogen-bond donors (Lipinski definition) is 1. The molecule has 18 heavy (non-hydrogen) atoms. The molecule has 0 aliphatic heterocycles. The smallest absolute Gasteiger partial charge is 0.251 e. The summed E-state index contributed by atoms with van der Waals surface area (Å²) in [5.41, 5.74) is 6.36. The molecule has 0 aliphatic rings. The van der Waals surface area contributed by atoms with E-state index in [4.69, 9.17) is 19.6 Å². The highest BCUT2D eigenvalue weighted by Gasteiger charge is 2.16. The molecule has 0 saturated heterocycles. The fourth-order valence-electron chi connectivity index (χ4n) is 1.51. The van der Waals surface area contributed by atoms with E-state index in [0.717, 1.165) is 0 Å². The van der Waals surface area contributed by atoms with Crippen LogP contribution in [-0.2, 0) is 0 Å². The summed E-state index contributed by atoms with van der Waals surface area (Å²) in [6.07, 6.45) is 0. The van der Waals surface area contributed by atoms with Crippen molar-refractivity contribution in [3.8, 4) is 23.0 Å². The monoisotopic (exact) mass is 249 g/mol. The van der Waals surface area contributed by atoms with E-state index >= 15 is 0 Å². The van der Waals surface area contributed by atoms with Crippen LogP contribution in [0.5, 0.6) is 11.5 Å². The van der Waals surface area contributed by atoms with Gasteiger partial charge < -0.3 is 19.6 Å². The van der Waals surface area contributed by atoms with Gasteiger partial charge in [-0.25, -0.2) is 0 Å². The van der Waals surface area contributed by atoms with Gasteiger partial charge in [0.15, 0.2) is 0 Å². The second-order valence-corrected chi connectivity index (χ2v) is 3.80. The SMILES string of the molecule is COc1ccc(OC)c(-c2nnc(C(C)N)o2)c1. The molecule has 1 aromatic heterocycles. The van der Waals surface area contributed by atoms with E-state index in [0.29, 0.717) is 28.8 Å². The van der Waals surface area contributed by atoms with Crippen molar-refractivity contribution in [1.82, 2.24) is 10.2 Å². The van der Waals surface area contributed by atoms with Crippen LogP contribution < -0.4 is 15.2 Å². The zero-order chi connectivity index (χ0) is 13.1. The van der Waals surface area contributed by atoms with Crippen LogP contribution in [-0.4, -0.2) is 24.4 Å². The van der Waals surface area contributed by atoms with Crippen molar-refractivity contribution in [3.63, 3.8) is 0 Å². The molecule has 96 valence electrons. The Hall–Kier alpha value is -2.08. The topological polar surface area (TPSA) is 83.4 Å². The first-order chi connectivity index (χ1) is 8.65. The molecule has 0 amide bonds. The molecule has 1 aromatic carbocycles. The van der Waals surface area contributed by atoms with Crippen molar-refractivity contribution in [3.05, 3.63) is 24.1 Å². The van der Waals surface area contributed by atoms with Crippen LogP contribution in [0.1, 0.15) is 18.9 Å². The number of ether oxygens (including phenoxy) is 2. The summed E-state index contributed by atoms with van der Waals surface area (Å²) in [7, 11) is 3.17. The number of aromatic nitrogens is 2. The van der Waals surface area contributed by atoms with Crippen LogP contribution in [0.25, 0.3) is 11.5 Å². The van der Waals surface area contributed by atoms with E-state index in [1.807, 2.05) is 0 Å². The largest absolute Gasteiger partial charge is 0.497 e. The van der Waals surface area contributed by atoms with Crippen molar-refractivity contribution < 1.29 is 13.9 Å². The minimum Gasteiger partial charge on any atom is -0.497 e. The molecule has 0 aliphatic carbocycles. The minimum absolute atomic E-state index is 0.303. The molecule has 1 heterocycles. The van der Waals surface area contributed by atoms with E-state index in [1.54, 1.807) is 39.3 Å². The first kappa shape index (κ1) is 12.4. The molecular weight excluding hydrogens is 234 g/mol. The molecule has 6 heteroatoms. The highest BCUT2D eigenvalue weighted by molar-refractivity contribution is 5.64. The number of hydrogen-bond acceptors (Lipinski definition) is 6. The maximum Gasteiger partial charge on any atom is 0.251 e. The van der Waals surface area contributed by atoms with Crippen LogP contribution in [0.15, 0.2) is 22.6 Å². The first-order valence-corrected chi connectivity index (χ1v) is 5.47. The molecule has 2 rings (SSSR count). The molecule has 0 spiro atoms. The highest BCUT2D eigenvalue weighted by Crippen LogP contribution is 2.32. The quantitative estimate of drug-likeness (QED) is 0.889. The standard InChI is InChI=1S/C12H15N3O3/c1-7(13)11-14-15-12(18-11)9-6-8(16-2)4-5-10(9)17-3/h4-7H,13H2,1-3H3. The third-order valence-corrected chi connectivity index (χ3v) is 2.47. The summed E-state index contributed by atoms with van der Waals surface area (Å²) in [4.78, 5) is 0. The fourth-order valence-corrected chi connectivity index (χ4v) is 1.51. The molecule has 0 radical (unpaired) electrons. The lowest BCUT2D eigenvalue weighted by molar-refractivity contribution is 0.401. The maximum absolute atomic E-state index is 5.68. The number of methoxy groups -OCH3 is 2. The van der Waals surface area contributed by atoms with Gasteiger partial charge in [-0.2, -0.15) is 0 Å². The van der Waals surface area contributed by atoms with Gasteiger partial charge in [0, 0.05) is 0 Å². The van der Waals surface area contributed by atoms with Gasteiger partial charge in [0.1, 0.15) is 11.5 Å². The van der Waals surface area contributed by atoms with Gasteiger partial charge in [0.25, 0.3) is 5.89 Å². The van der Waals surface area contributed by atoms with E-state index in [-0.39, 0.29) is 6.04 Å².